The number of hydrogen-bond acceptors (Lipinski definition) is 3. The van der Waals surface area contributed by atoms with Gasteiger partial charge < -0.3 is 15.0 Å². The monoisotopic (exact) mass is 292 g/mol. The molecule has 0 aromatic rings. The molecule has 2 rings (SSSR count). The van der Waals surface area contributed by atoms with Crippen LogP contribution in [0.25, 0.3) is 0 Å². The lowest BCUT2D eigenvalue weighted by Gasteiger charge is -2.32. The lowest BCUT2D eigenvalue weighted by molar-refractivity contribution is 0.0505. The molecule has 72 valence electrons. The van der Waals surface area contributed by atoms with Gasteiger partial charge in [-0.25, -0.2) is 0 Å². The Morgan fingerprint density at radius 1 is 1.31 bits per heavy atom. The number of halogens is 1. The first kappa shape index (κ1) is 9.33. The molecular weight excluding hydrogens is 279 g/mol. The highest BCUT2D eigenvalue weighted by Gasteiger charge is 2.14. The van der Waals surface area contributed by atoms with E-state index in [0.29, 0.717) is 0 Å². The van der Waals surface area contributed by atoms with E-state index in [1.165, 1.54) is 9.40 Å². The molecule has 0 atom stereocenters. The number of nitrogens with one attached hydrogen (secondary N) is 1. The first-order chi connectivity index (χ1) is 6.36. The Labute approximate surface area is 92.0 Å². The van der Waals surface area contributed by atoms with Crippen molar-refractivity contribution in [2.75, 3.05) is 32.8 Å². The molecule has 0 aromatic heterocycles. The lowest BCUT2D eigenvalue weighted by Crippen LogP contribution is -2.41. The van der Waals surface area contributed by atoms with Crippen LogP contribution in [0, 0.1) is 0 Å². The van der Waals surface area contributed by atoms with E-state index in [2.05, 4.69) is 45.0 Å². The van der Waals surface area contributed by atoms with Crippen molar-refractivity contribution in [3.8, 4) is 0 Å². The maximum absolute atomic E-state index is 5.30. The molecule has 0 spiro atoms. The Kier molecular flexibility index (Phi) is 3.10. The number of nitrogens with zero attached hydrogens (tertiary/aromatic N) is 1. The molecule has 4 heteroatoms. The number of morpholine rings is 1. The predicted molar refractivity (Wildman–Crippen MR) is 60.6 cm³/mol. The van der Waals surface area contributed by atoms with Crippen molar-refractivity contribution < 1.29 is 4.74 Å². The number of dihydropyridines is 1. The molecule has 3 nitrogen and oxygen atoms in total. The molecule has 2 aliphatic rings. The Morgan fingerprint density at radius 2 is 2.08 bits per heavy atom. The van der Waals surface area contributed by atoms with Crippen LogP contribution >= 0.6 is 22.6 Å². The third-order valence-corrected chi connectivity index (χ3v) is 2.95. The first-order valence-corrected chi connectivity index (χ1v) is 5.57. The quantitative estimate of drug-likeness (QED) is 0.732. The summed E-state index contributed by atoms with van der Waals surface area (Å²) in [6.45, 7) is 4.66. The van der Waals surface area contributed by atoms with Gasteiger partial charge in [0.25, 0.3) is 0 Å². The van der Waals surface area contributed by atoms with E-state index >= 15 is 0 Å². The van der Waals surface area contributed by atoms with Gasteiger partial charge in [0.2, 0.25) is 0 Å². The molecular formula is C9H13IN2O. The molecule has 2 aliphatic heterocycles. The van der Waals surface area contributed by atoms with Crippen molar-refractivity contribution >= 4 is 22.6 Å². The molecule has 0 aromatic carbocycles. The zero-order valence-electron chi connectivity index (χ0n) is 7.42. The standard InChI is InChI=1S/C9H13IN2O/c10-8-1-2-9(11-7-8)12-3-5-13-6-4-12/h1-2,11H,3-7H2. The SMILES string of the molecule is IC1=CC=C(N2CCOCC2)NC1. The van der Waals surface area contributed by atoms with Gasteiger partial charge >= 0.3 is 0 Å². The molecule has 0 saturated carbocycles. The van der Waals surface area contributed by atoms with Crippen LogP contribution < -0.4 is 5.32 Å². The van der Waals surface area contributed by atoms with Gasteiger partial charge in [-0.2, -0.15) is 0 Å². The summed E-state index contributed by atoms with van der Waals surface area (Å²) < 4.78 is 6.65. The predicted octanol–water partition coefficient (Wildman–Crippen LogP) is 1.08. The summed E-state index contributed by atoms with van der Waals surface area (Å²) in [6, 6.07) is 0. The number of allylic oxidation sites excluding steroid dienone is 2. The molecule has 0 unspecified atom stereocenters. The van der Waals surface area contributed by atoms with Gasteiger partial charge in [0, 0.05) is 23.2 Å². The van der Waals surface area contributed by atoms with Crippen LogP contribution in [0.2, 0.25) is 0 Å². The van der Waals surface area contributed by atoms with E-state index < -0.39 is 0 Å². The van der Waals surface area contributed by atoms with E-state index in [1.54, 1.807) is 0 Å². The van der Waals surface area contributed by atoms with Crippen molar-refractivity contribution in [1.82, 2.24) is 10.2 Å². The highest BCUT2D eigenvalue weighted by molar-refractivity contribution is 14.1. The van der Waals surface area contributed by atoms with Gasteiger partial charge in [-0.1, -0.05) is 0 Å². The van der Waals surface area contributed by atoms with E-state index in [1.807, 2.05) is 0 Å². The Hall–Kier alpha value is -0.230. The summed E-state index contributed by atoms with van der Waals surface area (Å²) in [6.07, 6.45) is 4.32. The number of ether oxygens (including phenoxy) is 1. The summed E-state index contributed by atoms with van der Waals surface area (Å²) in [7, 11) is 0. The minimum Gasteiger partial charge on any atom is -0.378 e. The lowest BCUT2D eigenvalue weighted by atomic mass is 10.3. The molecule has 0 radical (unpaired) electrons. The van der Waals surface area contributed by atoms with Crippen molar-refractivity contribution in [2.24, 2.45) is 0 Å². The van der Waals surface area contributed by atoms with Crippen LogP contribution in [0.15, 0.2) is 21.6 Å². The van der Waals surface area contributed by atoms with Crippen LogP contribution in [-0.2, 0) is 4.74 Å². The summed E-state index contributed by atoms with van der Waals surface area (Å²) in [5.74, 6) is 1.24. The molecule has 1 fully saturated rings. The van der Waals surface area contributed by atoms with Crippen LogP contribution in [0.3, 0.4) is 0 Å². The van der Waals surface area contributed by atoms with E-state index in [0.717, 1.165) is 32.8 Å². The van der Waals surface area contributed by atoms with E-state index in [-0.39, 0.29) is 0 Å². The second-order valence-corrected chi connectivity index (χ2v) is 4.50. The average molecular weight is 292 g/mol. The van der Waals surface area contributed by atoms with E-state index in [9.17, 15) is 0 Å². The zero-order valence-corrected chi connectivity index (χ0v) is 9.58. The molecule has 2 heterocycles. The van der Waals surface area contributed by atoms with Gasteiger partial charge in [-0.3, -0.25) is 0 Å². The maximum Gasteiger partial charge on any atom is 0.102 e. The summed E-state index contributed by atoms with van der Waals surface area (Å²) in [5, 5.41) is 3.39. The second-order valence-electron chi connectivity index (χ2n) is 3.12. The van der Waals surface area contributed by atoms with Gasteiger partial charge in [-0.15, -0.1) is 0 Å². The number of hydrogen-bond donors (Lipinski definition) is 1. The fourth-order valence-corrected chi connectivity index (χ4v) is 1.85. The Balaban J connectivity index is 1.99. The summed E-state index contributed by atoms with van der Waals surface area (Å²) >= 11 is 2.35. The van der Waals surface area contributed by atoms with Crippen LogP contribution in [0.4, 0.5) is 0 Å². The van der Waals surface area contributed by atoms with Crippen molar-refractivity contribution in [3.05, 3.63) is 21.6 Å². The minimum absolute atomic E-state index is 0.847. The normalized spacial score (nSPS) is 23.3. The van der Waals surface area contributed by atoms with Gasteiger partial charge in [0.05, 0.1) is 13.2 Å². The highest BCUT2D eigenvalue weighted by atomic mass is 127. The second kappa shape index (κ2) is 4.32. The average Bonchev–Trinajstić information content (AvgIpc) is 2.20. The minimum atomic E-state index is 0.847. The van der Waals surface area contributed by atoms with Gasteiger partial charge in [-0.05, 0) is 34.7 Å². The fraction of sp³-hybridized carbons (Fsp3) is 0.556. The van der Waals surface area contributed by atoms with Crippen molar-refractivity contribution in [3.63, 3.8) is 0 Å². The van der Waals surface area contributed by atoms with Crippen molar-refractivity contribution in [2.45, 2.75) is 0 Å². The van der Waals surface area contributed by atoms with E-state index in [4.69, 9.17) is 4.74 Å². The van der Waals surface area contributed by atoms with Gasteiger partial charge in [0.15, 0.2) is 0 Å². The van der Waals surface area contributed by atoms with Crippen LogP contribution in [0.5, 0.6) is 0 Å². The third-order valence-electron chi connectivity index (χ3n) is 2.21. The molecule has 1 N–H and O–H groups in total. The Morgan fingerprint density at radius 3 is 2.69 bits per heavy atom. The van der Waals surface area contributed by atoms with Crippen LogP contribution in [-0.4, -0.2) is 37.7 Å². The smallest absolute Gasteiger partial charge is 0.102 e. The Bertz CT molecular complexity index is 244. The molecule has 13 heavy (non-hydrogen) atoms. The van der Waals surface area contributed by atoms with Crippen molar-refractivity contribution in [1.29, 1.82) is 0 Å². The molecule has 1 saturated heterocycles. The zero-order chi connectivity index (χ0) is 9.10. The van der Waals surface area contributed by atoms with Crippen LogP contribution in [0.1, 0.15) is 0 Å². The maximum atomic E-state index is 5.30. The molecule has 0 aliphatic carbocycles. The highest BCUT2D eigenvalue weighted by Crippen LogP contribution is 2.13. The van der Waals surface area contributed by atoms with Gasteiger partial charge in [0.1, 0.15) is 5.82 Å². The summed E-state index contributed by atoms with van der Waals surface area (Å²) in [5.41, 5.74) is 0. The largest absolute Gasteiger partial charge is 0.378 e. The fourth-order valence-electron chi connectivity index (χ4n) is 1.48. The number of rotatable bonds is 1. The topological polar surface area (TPSA) is 24.5 Å². The first-order valence-electron chi connectivity index (χ1n) is 4.49. The molecule has 0 bridgehead atoms. The molecule has 0 amide bonds. The third kappa shape index (κ3) is 2.37. The summed E-state index contributed by atoms with van der Waals surface area (Å²) in [4.78, 5) is 2.34.